The van der Waals surface area contributed by atoms with Gasteiger partial charge in [-0.25, -0.2) is 14.2 Å². The molecular weight excluding hydrogens is 373 g/mol. The number of rotatable bonds is 3. The fourth-order valence-electron chi connectivity index (χ4n) is 3.14. The second kappa shape index (κ2) is 8.43. The van der Waals surface area contributed by atoms with E-state index in [1.54, 1.807) is 18.5 Å². The standard InChI is InChI=1S/C21H24FN5O2/c1-21(2,3)29-20(28)25-16-6-8-27(9-7-16)19-13-24-12-18(26-19)14-4-5-15(11-23)17(22)10-14/h4-5,10,12-13,16H,6-9H2,1-3H3,(H,25,28). The van der Waals surface area contributed by atoms with Crippen LogP contribution in [0.2, 0.25) is 0 Å². The Balaban J connectivity index is 1.63. The number of nitriles is 1. The Kier molecular flexibility index (Phi) is 5.97. The molecule has 0 atom stereocenters. The van der Waals surface area contributed by atoms with E-state index < -0.39 is 17.5 Å². The highest BCUT2D eigenvalue weighted by Gasteiger charge is 2.24. The van der Waals surface area contributed by atoms with Crippen LogP contribution in [0.4, 0.5) is 15.0 Å². The number of alkyl carbamates (subject to hydrolysis) is 1. The van der Waals surface area contributed by atoms with Crippen LogP contribution in [0, 0.1) is 17.1 Å². The van der Waals surface area contributed by atoms with Crippen molar-refractivity contribution >= 4 is 11.9 Å². The third kappa shape index (κ3) is 5.41. The number of carbonyl (C=O) groups excluding carboxylic acids is 1. The molecule has 0 unspecified atom stereocenters. The molecule has 152 valence electrons. The number of aromatic nitrogens is 2. The van der Waals surface area contributed by atoms with E-state index >= 15 is 0 Å². The maximum absolute atomic E-state index is 13.9. The van der Waals surface area contributed by atoms with Crippen molar-refractivity contribution in [2.24, 2.45) is 0 Å². The zero-order valence-electron chi connectivity index (χ0n) is 16.8. The number of ether oxygens (including phenoxy) is 1. The molecule has 3 rings (SSSR count). The molecule has 0 saturated carbocycles. The summed E-state index contributed by atoms with van der Waals surface area (Å²) >= 11 is 0. The Morgan fingerprint density at radius 1 is 1.31 bits per heavy atom. The van der Waals surface area contributed by atoms with Crippen molar-refractivity contribution in [2.75, 3.05) is 18.0 Å². The summed E-state index contributed by atoms with van der Waals surface area (Å²) in [5, 5.41) is 11.8. The first-order valence-electron chi connectivity index (χ1n) is 9.52. The van der Waals surface area contributed by atoms with E-state index in [1.807, 2.05) is 26.8 Å². The highest BCUT2D eigenvalue weighted by molar-refractivity contribution is 5.68. The molecule has 1 amide bonds. The van der Waals surface area contributed by atoms with Gasteiger partial charge < -0.3 is 15.0 Å². The van der Waals surface area contributed by atoms with E-state index in [0.29, 0.717) is 30.2 Å². The minimum atomic E-state index is -0.578. The quantitative estimate of drug-likeness (QED) is 0.850. The van der Waals surface area contributed by atoms with Crippen LogP contribution in [0.3, 0.4) is 0 Å². The summed E-state index contributed by atoms with van der Waals surface area (Å²) in [6.45, 7) is 6.92. The molecule has 1 fully saturated rings. The molecular formula is C21H24FN5O2. The Morgan fingerprint density at radius 3 is 2.66 bits per heavy atom. The predicted octanol–water partition coefficient (Wildman–Crippen LogP) is 3.65. The lowest BCUT2D eigenvalue weighted by molar-refractivity contribution is 0.0497. The number of piperidine rings is 1. The number of hydrogen-bond donors (Lipinski definition) is 1. The van der Waals surface area contributed by atoms with E-state index in [2.05, 4.69) is 20.2 Å². The minimum Gasteiger partial charge on any atom is -0.444 e. The highest BCUT2D eigenvalue weighted by Crippen LogP contribution is 2.23. The van der Waals surface area contributed by atoms with Crippen LogP contribution in [0.1, 0.15) is 39.2 Å². The number of amides is 1. The van der Waals surface area contributed by atoms with E-state index in [1.165, 1.54) is 12.1 Å². The first-order valence-corrected chi connectivity index (χ1v) is 9.52. The lowest BCUT2D eigenvalue weighted by atomic mass is 10.1. The molecule has 0 aliphatic carbocycles. The van der Waals surface area contributed by atoms with Crippen molar-refractivity contribution in [3.63, 3.8) is 0 Å². The van der Waals surface area contributed by atoms with Crippen molar-refractivity contribution in [3.8, 4) is 17.3 Å². The first-order chi connectivity index (χ1) is 13.7. The van der Waals surface area contributed by atoms with Crippen LogP contribution in [0.5, 0.6) is 0 Å². The highest BCUT2D eigenvalue weighted by atomic mass is 19.1. The number of carbonyl (C=O) groups is 1. The van der Waals surface area contributed by atoms with Gasteiger partial charge in [0.05, 0.1) is 23.7 Å². The van der Waals surface area contributed by atoms with Gasteiger partial charge in [-0.3, -0.25) is 4.98 Å². The van der Waals surface area contributed by atoms with E-state index in [9.17, 15) is 9.18 Å². The molecule has 2 heterocycles. The predicted molar refractivity (Wildman–Crippen MR) is 107 cm³/mol. The fraction of sp³-hybridized carbons (Fsp3) is 0.429. The Labute approximate surface area is 169 Å². The number of nitrogens with zero attached hydrogens (tertiary/aromatic N) is 4. The van der Waals surface area contributed by atoms with Crippen LogP contribution >= 0.6 is 0 Å². The van der Waals surface area contributed by atoms with E-state index in [0.717, 1.165) is 12.8 Å². The summed E-state index contributed by atoms with van der Waals surface area (Å²) in [5.41, 5.74) is 0.584. The van der Waals surface area contributed by atoms with Gasteiger partial charge >= 0.3 is 6.09 Å². The summed E-state index contributed by atoms with van der Waals surface area (Å²) in [7, 11) is 0. The molecule has 0 spiro atoms. The van der Waals surface area contributed by atoms with Gasteiger partial charge in [0.1, 0.15) is 23.3 Å². The number of halogens is 1. The summed E-state index contributed by atoms with van der Waals surface area (Å²) in [6.07, 6.45) is 4.36. The minimum absolute atomic E-state index is 0.00239. The number of nitrogens with one attached hydrogen (secondary N) is 1. The van der Waals surface area contributed by atoms with Gasteiger partial charge in [0.2, 0.25) is 0 Å². The number of benzene rings is 1. The zero-order chi connectivity index (χ0) is 21.0. The van der Waals surface area contributed by atoms with Gasteiger partial charge in [-0.2, -0.15) is 5.26 Å². The van der Waals surface area contributed by atoms with Gasteiger partial charge in [-0.1, -0.05) is 6.07 Å². The van der Waals surface area contributed by atoms with Gasteiger partial charge in [0, 0.05) is 24.7 Å². The summed E-state index contributed by atoms with van der Waals surface area (Å²) in [6, 6.07) is 6.25. The zero-order valence-corrected chi connectivity index (χ0v) is 16.8. The van der Waals surface area contributed by atoms with Gasteiger partial charge in [-0.15, -0.1) is 0 Å². The molecule has 1 aromatic carbocycles. The second-order valence-electron chi connectivity index (χ2n) is 7.98. The average molecular weight is 397 g/mol. The maximum Gasteiger partial charge on any atom is 0.407 e. The van der Waals surface area contributed by atoms with Crippen LogP contribution in [-0.4, -0.2) is 40.8 Å². The number of anilines is 1. The van der Waals surface area contributed by atoms with Gasteiger partial charge in [0.15, 0.2) is 0 Å². The van der Waals surface area contributed by atoms with Crippen molar-refractivity contribution in [1.29, 1.82) is 5.26 Å². The molecule has 1 aliphatic heterocycles. The molecule has 2 aromatic rings. The third-order valence-corrected chi connectivity index (χ3v) is 4.55. The van der Waals surface area contributed by atoms with Crippen LogP contribution in [0.25, 0.3) is 11.3 Å². The first kappa shape index (κ1) is 20.5. The molecule has 7 nitrogen and oxygen atoms in total. The summed E-state index contributed by atoms with van der Waals surface area (Å²) in [4.78, 5) is 22.9. The monoisotopic (exact) mass is 397 g/mol. The van der Waals surface area contributed by atoms with Crippen LogP contribution in [-0.2, 0) is 4.74 Å². The molecule has 8 heteroatoms. The summed E-state index contributed by atoms with van der Waals surface area (Å²) in [5.74, 6) is 0.120. The fourth-order valence-corrected chi connectivity index (χ4v) is 3.14. The normalized spacial score (nSPS) is 14.9. The van der Waals surface area contributed by atoms with Crippen molar-refractivity contribution < 1.29 is 13.9 Å². The van der Waals surface area contributed by atoms with Crippen molar-refractivity contribution in [3.05, 3.63) is 42.0 Å². The van der Waals surface area contributed by atoms with Crippen molar-refractivity contribution in [2.45, 2.75) is 45.3 Å². The van der Waals surface area contributed by atoms with Gasteiger partial charge in [0.25, 0.3) is 0 Å². The van der Waals surface area contributed by atoms with Crippen molar-refractivity contribution in [1.82, 2.24) is 15.3 Å². The Morgan fingerprint density at radius 2 is 2.03 bits per heavy atom. The van der Waals surface area contributed by atoms with Crippen LogP contribution in [0.15, 0.2) is 30.6 Å². The maximum atomic E-state index is 13.9. The Bertz CT molecular complexity index is 927. The molecule has 0 radical (unpaired) electrons. The largest absolute Gasteiger partial charge is 0.444 e. The SMILES string of the molecule is CC(C)(C)OC(=O)NC1CCN(c2cncc(-c3ccc(C#N)c(F)c3)n2)CC1. The molecule has 1 N–H and O–H groups in total. The van der Waals surface area contributed by atoms with Gasteiger partial charge in [-0.05, 0) is 45.7 Å². The number of hydrogen-bond acceptors (Lipinski definition) is 6. The average Bonchev–Trinajstić information content (AvgIpc) is 2.67. The molecule has 1 saturated heterocycles. The topological polar surface area (TPSA) is 91.1 Å². The lowest BCUT2D eigenvalue weighted by Gasteiger charge is -2.33. The molecule has 0 bridgehead atoms. The summed E-state index contributed by atoms with van der Waals surface area (Å²) < 4.78 is 19.2. The van der Waals surface area contributed by atoms with E-state index in [4.69, 9.17) is 10.00 Å². The van der Waals surface area contributed by atoms with Crippen LogP contribution < -0.4 is 10.2 Å². The second-order valence-corrected chi connectivity index (χ2v) is 7.98. The smallest absolute Gasteiger partial charge is 0.407 e. The Hall–Kier alpha value is -3.21. The third-order valence-electron chi connectivity index (χ3n) is 4.55. The lowest BCUT2D eigenvalue weighted by Crippen LogP contribution is -2.46. The molecule has 1 aromatic heterocycles. The molecule has 29 heavy (non-hydrogen) atoms. The molecule has 1 aliphatic rings. The van der Waals surface area contributed by atoms with E-state index in [-0.39, 0.29) is 11.6 Å².